The summed E-state index contributed by atoms with van der Waals surface area (Å²) in [5.74, 6) is 6.39. The van der Waals surface area contributed by atoms with Crippen LogP contribution in [0.2, 0.25) is 0 Å². The third-order valence-corrected chi connectivity index (χ3v) is 3.57. The van der Waals surface area contributed by atoms with Crippen LogP contribution in [-0.4, -0.2) is 20.2 Å². The smallest absolute Gasteiger partial charge is 0.194 e. The molecule has 0 amide bonds. The van der Waals surface area contributed by atoms with Gasteiger partial charge in [0.2, 0.25) is 0 Å². The molecular formula is C17H16N8O. The first-order chi connectivity index (χ1) is 12.7. The van der Waals surface area contributed by atoms with Crippen molar-refractivity contribution in [2.45, 2.75) is 6.61 Å². The predicted octanol–water partition coefficient (Wildman–Crippen LogP) is 0.855. The van der Waals surface area contributed by atoms with Crippen molar-refractivity contribution in [3.8, 4) is 17.5 Å². The van der Waals surface area contributed by atoms with Crippen LogP contribution in [0.3, 0.4) is 0 Å². The van der Waals surface area contributed by atoms with Crippen molar-refractivity contribution in [3.05, 3.63) is 71.7 Å². The van der Waals surface area contributed by atoms with E-state index in [1.807, 2.05) is 36.4 Å². The van der Waals surface area contributed by atoms with Crippen LogP contribution >= 0.6 is 0 Å². The zero-order valence-corrected chi connectivity index (χ0v) is 13.7. The molecule has 130 valence electrons. The first kappa shape index (κ1) is 16.9. The summed E-state index contributed by atoms with van der Waals surface area (Å²) in [6.45, 7) is 0.162. The molecule has 9 heteroatoms. The van der Waals surface area contributed by atoms with Crippen LogP contribution in [0.5, 0.6) is 5.75 Å². The van der Waals surface area contributed by atoms with Crippen LogP contribution in [0.1, 0.15) is 11.4 Å². The highest BCUT2D eigenvalue weighted by atomic mass is 16.5. The van der Waals surface area contributed by atoms with Gasteiger partial charge in [-0.25, -0.2) is 5.84 Å². The number of nitrogens with two attached hydrogens (primary N) is 2. The largest absolute Gasteiger partial charge is 0.486 e. The molecule has 0 saturated carbocycles. The van der Waals surface area contributed by atoms with Crippen LogP contribution in [0.15, 0.2) is 60.3 Å². The minimum atomic E-state index is 0.0789. The van der Waals surface area contributed by atoms with Crippen molar-refractivity contribution in [1.82, 2.24) is 25.6 Å². The Balaban J connectivity index is 1.78. The van der Waals surface area contributed by atoms with Gasteiger partial charge in [0.05, 0.1) is 11.4 Å². The molecule has 1 heterocycles. The van der Waals surface area contributed by atoms with E-state index in [0.29, 0.717) is 17.1 Å². The Morgan fingerprint density at radius 3 is 2.73 bits per heavy atom. The number of nitrogens with zero attached hydrogens (tertiary/aromatic N) is 5. The van der Waals surface area contributed by atoms with Crippen LogP contribution in [0, 0.1) is 11.3 Å². The molecule has 0 unspecified atom stereocenters. The molecule has 3 rings (SSSR count). The second-order valence-corrected chi connectivity index (χ2v) is 5.20. The number of benzene rings is 2. The van der Waals surface area contributed by atoms with E-state index in [2.05, 4.69) is 21.0 Å². The highest BCUT2D eigenvalue weighted by Gasteiger charge is 2.10. The Morgan fingerprint density at radius 2 is 2.00 bits per heavy atom. The number of para-hydroxylation sites is 1. The Morgan fingerprint density at radius 1 is 1.19 bits per heavy atom. The van der Waals surface area contributed by atoms with Crippen LogP contribution in [0.4, 0.5) is 0 Å². The van der Waals surface area contributed by atoms with Crippen molar-refractivity contribution in [3.63, 3.8) is 0 Å². The van der Waals surface area contributed by atoms with Gasteiger partial charge in [-0.15, -0.1) is 5.10 Å². The lowest BCUT2D eigenvalue weighted by Gasteiger charge is -2.09. The molecule has 0 radical (unpaired) electrons. The molecular weight excluding hydrogens is 332 g/mol. The fourth-order valence-corrected chi connectivity index (χ4v) is 2.28. The first-order valence-corrected chi connectivity index (χ1v) is 7.65. The van der Waals surface area contributed by atoms with Gasteiger partial charge in [-0.2, -0.15) is 9.94 Å². The Hall–Kier alpha value is -3.90. The summed E-state index contributed by atoms with van der Waals surface area (Å²) in [5.41, 5.74) is 9.97. The van der Waals surface area contributed by atoms with Gasteiger partial charge < -0.3 is 15.9 Å². The topological polar surface area (TPSA) is 141 Å². The lowest BCUT2D eigenvalue weighted by Crippen LogP contribution is -2.23. The third-order valence-electron chi connectivity index (χ3n) is 3.57. The summed E-state index contributed by atoms with van der Waals surface area (Å²) in [4.78, 5) is 0. The van der Waals surface area contributed by atoms with E-state index in [4.69, 9.17) is 21.6 Å². The normalized spacial score (nSPS) is 11.4. The minimum Gasteiger partial charge on any atom is -0.486 e. The van der Waals surface area contributed by atoms with Crippen molar-refractivity contribution in [1.29, 1.82) is 5.26 Å². The molecule has 0 spiro atoms. The molecule has 3 aromatic rings. The first-order valence-electron chi connectivity index (χ1n) is 7.65. The fraction of sp³-hybridized carbons (Fsp3) is 0.0588. The molecule has 1 aromatic heterocycles. The molecule has 0 saturated heterocycles. The Labute approximate surface area is 149 Å². The van der Waals surface area contributed by atoms with Crippen molar-refractivity contribution in [2.75, 3.05) is 0 Å². The van der Waals surface area contributed by atoms with Crippen LogP contribution < -0.4 is 21.7 Å². The fourth-order valence-electron chi connectivity index (χ4n) is 2.28. The quantitative estimate of drug-likeness (QED) is 0.338. The summed E-state index contributed by atoms with van der Waals surface area (Å²) < 4.78 is 7.38. The molecule has 0 bridgehead atoms. The third kappa shape index (κ3) is 3.61. The summed E-state index contributed by atoms with van der Waals surface area (Å²) >= 11 is 0. The molecule has 0 aliphatic heterocycles. The number of hydrazine groups is 1. The highest BCUT2D eigenvalue weighted by Crippen LogP contribution is 2.20. The molecule has 5 N–H and O–H groups in total. The number of tetrazole rings is 1. The second-order valence-electron chi connectivity index (χ2n) is 5.20. The van der Waals surface area contributed by atoms with Crippen LogP contribution in [-0.2, 0) is 6.61 Å². The van der Waals surface area contributed by atoms with Gasteiger partial charge in [-0.1, -0.05) is 30.3 Å². The van der Waals surface area contributed by atoms with Gasteiger partial charge in [0, 0.05) is 5.56 Å². The summed E-state index contributed by atoms with van der Waals surface area (Å²) in [6.07, 6.45) is 0. The van der Waals surface area contributed by atoms with Gasteiger partial charge in [-0.05, 0) is 34.7 Å². The monoisotopic (exact) mass is 348 g/mol. The lowest BCUT2D eigenvalue weighted by molar-refractivity contribution is 0.292. The van der Waals surface area contributed by atoms with Crippen molar-refractivity contribution in [2.24, 2.45) is 11.6 Å². The summed E-state index contributed by atoms with van der Waals surface area (Å²) in [5, 5.41) is 20.7. The molecule has 2 aromatic carbocycles. The maximum atomic E-state index is 9.01. The Kier molecular flexibility index (Phi) is 5.07. The number of aromatic nitrogens is 4. The number of rotatable bonds is 6. The average Bonchev–Trinajstić information content (AvgIpc) is 3.17. The van der Waals surface area contributed by atoms with Crippen LogP contribution in [0.25, 0.3) is 11.4 Å². The number of ether oxygens (including phenoxy) is 1. The average molecular weight is 348 g/mol. The van der Waals surface area contributed by atoms with Gasteiger partial charge in [0.15, 0.2) is 11.5 Å². The maximum absolute atomic E-state index is 9.01. The van der Waals surface area contributed by atoms with Crippen molar-refractivity contribution >= 4 is 5.70 Å². The molecule has 0 fully saturated rings. The molecule has 0 aliphatic carbocycles. The van der Waals surface area contributed by atoms with E-state index in [1.165, 1.54) is 0 Å². The van der Waals surface area contributed by atoms with Gasteiger partial charge in [-0.3, -0.25) is 0 Å². The van der Waals surface area contributed by atoms with E-state index in [9.17, 15) is 0 Å². The van der Waals surface area contributed by atoms with E-state index in [0.717, 1.165) is 5.69 Å². The van der Waals surface area contributed by atoms with E-state index >= 15 is 0 Å². The standard InChI is InChI=1S/C17H16N8O/c18-10-15(21-20)17(19)12-5-4-8-14(9-12)26-11-16-22-23-24-25(16)13-6-2-1-3-7-13/h1-9,21H,11,19-20H2/b17-15-. The summed E-state index contributed by atoms with van der Waals surface area (Å²) in [7, 11) is 0. The van der Waals surface area contributed by atoms with Gasteiger partial charge in [0.1, 0.15) is 18.4 Å². The lowest BCUT2D eigenvalue weighted by atomic mass is 10.1. The van der Waals surface area contributed by atoms with Crippen molar-refractivity contribution < 1.29 is 4.74 Å². The van der Waals surface area contributed by atoms with E-state index in [1.54, 1.807) is 28.9 Å². The zero-order valence-electron chi connectivity index (χ0n) is 13.7. The SMILES string of the molecule is N#C/C(NN)=C(/N)c1cccc(OCc2nnnn2-c2ccccc2)c1. The number of nitrogens with one attached hydrogen (secondary N) is 1. The number of nitriles is 1. The zero-order chi connectivity index (χ0) is 18.4. The minimum absolute atomic E-state index is 0.0789. The van der Waals surface area contributed by atoms with E-state index in [-0.39, 0.29) is 18.0 Å². The number of allylic oxidation sites excluding steroid dienone is 1. The number of hydrogen-bond donors (Lipinski definition) is 3. The predicted molar refractivity (Wildman–Crippen MR) is 94.0 cm³/mol. The second kappa shape index (κ2) is 7.78. The Bertz CT molecular complexity index is 958. The molecule has 26 heavy (non-hydrogen) atoms. The van der Waals surface area contributed by atoms with Gasteiger partial charge >= 0.3 is 0 Å². The number of hydrogen-bond acceptors (Lipinski definition) is 8. The summed E-state index contributed by atoms with van der Waals surface area (Å²) in [6, 6.07) is 18.4. The highest BCUT2D eigenvalue weighted by molar-refractivity contribution is 5.69. The molecule has 0 aliphatic rings. The molecule has 9 nitrogen and oxygen atoms in total. The maximum Gasteiger partial charge on any atom is 0.194 e. The van der Waals surface area contributed by atoms with Gasteiger partial charge in [0.25, 0.3) is 0 Å². The van der Waals surface area contributed by atoms with E-state index < -0.39 is 0 Å². The molecule has 0 atom stereocenters.